The van der Waals surface area contributed by atoms with Crippen molar-refractivity contribution in [1.82, 2.24) is 5.32 Å². The summed E-state index contributed by atoms with van der Waals surface area (Å²) in [6.45, 7) is 4.52. The van der Waals surface area contributed by atoms with Crippen molar-refractivity contribution >= 4 is 18.3 Å². The van der Waals surface area contributed by atoms with Crippen LogP contribution in [0.1, 0.15) is 31.9 Å². The van der Waals surface area contributed by atoms with Crippen molar-refractivity contribution < 1.29 is 9.53 Å². The van der Waals surface area contributed by atoms with E-state index in [1.54, 1.807) is 0 Å². The molecule has 1 aliphatic heterocycles. The first kappa shape index (κ1) is 15.8. The van der Waals surface area contributed by atoms with Crippen LogP contribution < -0.4 is 15.8 Å². The molecule has 1 amide bonds. The minimum Gasteiger partial charge on any atom is -0.493 e. The first-order chi connectivity index (χ1) is 8.59. The summed E-state index contributed by atoms with van der Waals surface area (Å²) >= 11 is 0. The normalized spacial score (nSPS) is 18.8. The average molecular weight is 285 g/mol. The number of carbonyl (C=O) groups is 1. The number of hydrogen-bond acceptors (Lipinski definition) is 3. The van der Waals surface area contributed by atoms with Crippen LogP contribution in [0.4, 0.5) is 0 Å². The SMILES string of the molecule is CC(C)C(N)C(=O)NC1CCOc2ccccc21.Cl. The number of nitrogens with one attached hydrogen (secondary N) is 1. The number of ether oxygens (including phenoxy) is 1. The van der Waals surface area contributed by atoms with Crippen LogP contribution in [0.3, 0.4) is 0 Å². The van der Waals surface area contributed by atoms with Crippen molar-refractivity contribution in [1.29, 1.82) is 0 Å². The minimum absolute atomic E-state index is 0. The van der Waals surface area contributed by atoms with Gasteiger partial charge in [-0.3, -0.25) is 4.79 Å². The second-order valence-corrected chi connectivity index (χ2v) is 5.01. The summed E-state index contributed by atoms with van der Waals surface area (Å²) in [5.74, 6) is 0.902. The molecule has 2 unspecified atom stereocenters. The Morgan fingerprint density at radius 2 is 2.11 bits per heavy atom. The molecule has 3 N–H and O–H groups in total. The molecule has 4 nitrogen and oxygen atoms in total. The van der Waals surface area contributed by atoms with E-state index in [2.05, 4.69) is 5.32 Å². The van der Waals surface area contributed by atoms with Gasteiger partial charge >= 0.3 is 0 Å². The van der Waals surface area contributed by atoms with Gasteiger partial charge in [0.25, 0.3) is 0 Å². The topological polar surface area (TPSA) is 64.4 Å². The van der Waals surface area contributed by atoms with Gasteiger partial charge in [-0.2, -0.15) is 0 Å². The summed E-state index contributed by atoms with van der Waals surface area (Å²) in [6, 6.07) is 7.35. The van der Waals surface area contributed by atoms with E-state index in [0.717, 1.165) is 17.7 Å². The molecule has 1 aromatic rings. The highest BCUT2D eigenvalue weighted by Gasteiger charge is 2.25. The lowest BCUT2D eigenvalue weighted by Crippen LogP contribution is -2.46. The Morgan fingerprint density at radius 3 is 2.79 bits per heavy atom. The Hall–Kier alpha value is -1.26. The van der Waals surface area contributed by atoms with Crippen molar-refractivity contribution in [3.8, 4) is 5.75 Å². The monoisotopic (exact) mass is 284 g/mol. The summed E-state index contributed by atoms with van der Waals surface area (Å²) in [5.41, 5.74) is 6.89. The third kappa shape index (κ3) is 3.61. The second kappa shape index (κ2) is 6.78. The van der Waals surface area contributed by atoms with Gasteiger partial charge in [0.1, 0.15) is 5.75 Å². The highest BCUT2D eigenvalue weighted by atomic mass is 35.5. The van der Waals surface area contributed by atoms with E-state index >= 15 is 0 Å². The molecule has 0 saturated heterocycles. The fraction of sp³-hybridized carbons (Fsp3) is 0.500. The minimum atomic E-state index is -0.458. The van der Waals surface area contributed by atoms with E-state index in [9.17, 15) is 4.79 Å². The Kier molecular flexibility index (Phi) is 5.63. The quantitative estimate of drug-likeness (QED) is 0.893. The van der Waals surface area contributed by atoms with Gasteiger partial charge in [0.05, 0.1) is 18.7 Å². The summed E-state index contributed by atoms with van der Waals surface area (Å²) in [6.07, 6.45) is 0.785. The van der Waals surface area contributed by atoms with Gasteiger partial charge in [-0.1, -0.05) is 32.0 Å². The number of benzene rings is 1. The van der Waals surface area contributed by atoms with Gasteiger partial charge < -0.3 is 15.8 Å². The van der Waals surface area contributed by atoms with Crippen molar-refractivity contribution in [2.75, 3.05) is 6.61 Å². The molecule has 0 saturated carbocycles. The van der Waals surface area contributed by atoms with Crippen LogP contribution in [0.15, 0.2) is 24.3 Å². The maximum atomic E-state index is 12.0. The van der Waals surface area contributed by atoms with E-state index in [-0.39, 0.29) is 30.3 Å². The van der Waals surface area contributed by atoms with Crippen LogP contribution in [0.25, 0.3) is 0 Å². The van der Waals surface area contributed by atoms with Crippen LogP contribution in [0.5, 0.6) is 5.75 Å². The fourth-order valence-corrected chi connectivity index (χ4v) is 2.06. The molecule has 5 heteroatoms. The van der Waals surface area contributed by atoms with Gasteiger partial charge in [-0.15, -0.1) is 12.4 Å². The summed E-state index contributed by atoms with van der Waals surface area (Å²) in [7, 11) is 0. The van der Waals surface area contributed by atoms with Gasteiger partial charge in [-0.25, -0.2) is 0 Å². The molecule has 1 heterocycles. The number of para-hydroxylation sites is 1. The molecular weight excluding hydrogens is 264 g/mol. The largest absolute Gasteiger partial charge is 0.493 e. The predicted molar refractivity (Wildman–Crippen MR) is 77.5 cm³/mol. The number of carbonyl (C=O) groups excluding carboxylic acids is 1. The maximum absolute atomic E-state index is 12.0. The van der Waals surface area contributed by atoms with Crippen LogP contribution in [-0.2, 0) is 4.79 Å². The number of nitrogens with two attached hydrogens (primary N) is 1. The standard InChI is InChI=1S/C14H20N2O2.ClH/c1-9(2)13(15)14(17)16-11-7-8-18-12-6-4-3-5-10(11)12;/h3-6,9,11,13H,7-8,15H2,1-2H3,(H,16,17);1H. The third-order valence-corrected chi connectivity index (χ3v) is 3.30. The molecule has 0 spiro atoms. The Morgan fingerprint density at radius 1 is 1.42 bits per heavy atom. The van der Waals surface area contributed by atoms with E-state index < -0.39 is 6.04 Å². The number of rotatable bonds is 3. The summed E-state index contributed by atoms with van der Waals surface area (Å²) in [4.78, 5) is 12.0. The van der Waals surface area contributed by atoms with Crippen molar-refractivity contribution in [2.45, 2.75) is 32.4 Å². The molecule has 1 aliphatic rings. The smallest absolute Gasteiger partial charge is 0.237 e. The van der Waals surface area contributed by atoms with Gasteiger partial charge in [0.2, 0.25) is 5.91 Å². The van der Waals surface area contributed by atoms with E-state index in [4.69, 9.17) is 10.5 Å². The number of amides is 1. The molecule has 19 heavy (non-hydrogen) atoms. The molecule has 106 valence electrons. The summed E-state index contributed by atoms with van der Waals surface area (Å²) in [5, 5.41) is 3.01. The highest BCUT2D eigenvalue weighted by molar-refractivity contribution is 5.85. The molecular formula is C14H21ClN2O2. The van der Waals surface area contributed by atoms with Gasteiger partial charge in [-0.05, 0) is 12.0 Å². The zero-order valence-corrected chi connectivity index (χ0v) is 12.1. The Bertz CT molecular complexity index is 437. The molecule has 0 fully saturated rings. The lowest BCUT2D eigenvalue weighted by Gasteiger charge is -2.28. The Balaban J connectivity index is 0.00000180. The Labute approximate surface area is 120 Å². The van der Waals surface area contributed by atoms with Crippen LogP contribution in [0, 0.1) is 5.92 Å². The molecule has 2 rings (SSSR count). The van der Waals surface area contributed by atoms with Crippen LogP contribution >= 0.6 is 12.4 Å². The van der Waals surface area contributed by atoms with Crippen LogP contribution in [-0.4, -0.2) is 18.6 Å². The van der Waals surface area contributed by atoms with Crippen molar-refractivity contribution in [2.24, 2.45) is 11.7 Å². The maximum Gasteiger partial charge on any atom is 0.237 e. The van der Waals surface area contributed by atoms with Gasteiger partial charge in [0.15, 0.2) is 0 Å². The number of halogens is 1. The second-order valence-electron chi connectivity index (χ2n) is 5.01. The first-order valence-corrected chi connectivity index (χ1v) is 6.37. The highest BCUT2D eigenvalue weighted by Crippen LogP contribution is 2.31. The van der Waals surface area contributed by atoms with Crippen LogP contribution in [0.2, 0.25) is 0 Å². The fourth-order valence-electron chi connectivity index (χ4n) is 2.06. The lowest BCUT2D eigenvalue weighted by molar-refractivity contribution is -0.124. The zero-order chi connectivity index (χ0) is 13.1. The molecule has 2 atom stereocenters. The molecule has 0 aromatic heterocycles. The first-order valence-electron chi connectivity index (χ1n) is 6.37. The lowest BCUT2D eigenvalue weighted by atomic mass is 9.99. The van der Waals surface area contributed by atoms with Crippen molar-refractivity contribution in [3.05, 3.63) is 29.8 Å². The number of fused-ring (bicyclic) bond motifs is 1. The van der Waals surface area contributed by atoms with Crippen molar-refractivity contribution in [3.63, 3.8) is 0 Å². The molecule has 0 bridgehead atoms. The molecule has 0 radical (unpaired) electrons. The van der Waals surface area contributed by atoms with E-state index in [0.29, 0.717) is 6.61 Å². The number of hydrogen-bond donors (Lipinski definition) is 2. The van der Waals surface area contributed by atoms with E-state index in [1.165, 1.54) is 0 Å². The zero-order valence-electron chi connectivity index (χ0n) is 11.3. The van der Waals surface area contributed by atoms with Gasteiger partial charge in [0, 0.05) is 12.0 Å². The third-order valence-electron chi connectivity index (χ3n) is 3.30. The van der Waals surface area contributed by atoms with E-state index in [1.807, 2.05) is 38.1 Å². The molecule has 0 aliphatic carbocycles. The average Bonchev–Trinajstić information content (AvgIpc) is 2.38. The molecule has 1 aromatic carbocycles. The predicted octanol–water partition coefficient (Wildman–Crippen LogP) is 2.03. The summed E-state index contributed by atoms with van der Waals surface area (Å²) < 4.78 is 5.56.